The van der Waals surface area contributed by atoms with E-state index in [0.717, 1.165) is 11.8 Å². The first kappa shape index (κ1) is 11.8. The first-order valence-corrected chi connectivity index (χ1v) is 5.75. The van der Waals surface area contributed by atoms with Crippen LogP contribution in [0.5, 0.6) is 0 Å². The van der Waals surface area contributed by atoms with E-state index >= 15 is 0 Å². The summed E-state index contributed by atoms with van der Waals surface area (Å²) in [6.07, 6.45) is 3.15. The van der Waals surface area contributed by atoms with Gasteiger partial charge in [0.25, 0.3) is 0 Å². The summed E-state index contributed by atoms with van der Waals surface area (Å²) < 4.78 is 0. The fourth-order valence-electron chi connectivity index (χ4n) is 1.19. The highest BCUT2D eigenvalue weighted by Crippen LogP contribution is 2.37. The van der Waals surface area contributed by atoms with Gasteiger partial charge in [0.15, 0.2) is 5.16 Å². The van der Waals surface area contributed by atoms with Gasteiger partial charge >= 0.3 is 5.69 Å². The number of hydrogen-bond acceptors (Lipinski definition) is 5. The van der Waals surface area contributed by atoms with E-state index in [1.165, 1.54) is 6.07 Å². The maximum absolute atomic E-state index is 10.9. The second kappa shape index (κ2) is 5.11. The quantitative estimate of drug-likeness (QED) is 0.485. The first-order chi connectivity index (χ1) is 8.18. The third-order valence-corrected chi connectivity index (χ3v) is 3.12. The highest BCUT2D eigenvalue weighted by molar-refractivity contribution is 7.99. The van der Waals surface area contributed by atoms with Gasteiger partial charge < -0.3 is 0 Å². The Morgan fingerprint density at radius 2 is 1.94 bits per heavy atom. The van der Waals surface area contributed by atoms with Crippen molar-refractivity contribution in [1.82, 2.24) is 9.97 Å². The largest absolute Gasteiger partial charge is 0.301 e. The van der Waals surface area contributed by atoms with Gasteiger partial charge in [0.2, 0.25) is 0 Å². The van der Waals surface area contributed by atoms with Gasteiger partial charge in [-0.25, -0.2) is 9.97 Å². The topological polar surface area (TPSA) is 68.9 Å². The molecule has 17 heavy (non-hydrogen) atoms. The Morgan fingerprint density at radius 1 is 1.24 bits per heavy atom. The van der Waals surface area contributed by atoms with E-state index in [1.54, 1.807) is 30.6 Å². The summed E-state index contributed by atoms with van der Waals surface area (Å²) in [7, 11) is 0. The van der Waals surface area contributed by atoms with Crippen molar-refractivity contribution in [1.29, 1.82) is 0 Å². The molecule has 86 valence electrons. The molecule has 0 spiro atoms. The standard InChI is InChI=1S/C10H6ClN3O2S/c11-7-3-1-4-8(9(7)14(15)16)17-10-12-5-2-6-13-10/h1-6H. The molecular formula is C10H6ClN3O2S. The Labute approximate surface area is 106 Å². The van der Waals surface area contributed by atoms with Crippen molar-refractivity contribution in [3.63, 3.8) is 0 Å². The van der Waals surface area contributed by atoms with Crippen LogP contribution in [0.2, 0.25) is 5.02 Å². The molecule has 0 aliphatic rings. The third kappa shape index (κ3) is 2.72. The summed E-state index contributed by atoms with van der Waals surface area (Å²) in [5.41, 5.74) is -0.119. The SMILES string of the molecule is O=[N+]([O-])c1c(Cl)cccc1Sc1ncccn1. The fourth-order valence-corrected chi connectivity index (χ4v) is 2.34. The van der Waals surface area contributed by atoms with Crippen LogP contribution in [0.15, 0.2) is 46.7 Å². The molecule has 1 heterocycles. The van der Waals surface area contributed by atoms with Gasteiger partial charge in [-0.3, -0.25) is 10.1 Å². The number of aromatic nitrogens is 2. The molecule has 0 bridgehead atoms. The Kier molecular flexibility index (Phi) is 3.55. The maximum atomic E-state index is 10.9. The Bertz CT molecular complexity index is 551. The molecule has 5 nitrogen and oxygen atoms in total. The average Bonchev–Trinajstić information content (AvgIpc) is 2.30. The zero-order valence-corrected chi connectivity index (χ0v) is 9.98. The van der Waals surface area contributed by atoms with E-state index in [9.17, 15) is 10.1 Å². The Morgan fingerprint density at radius 3 is 2.59 bits per heavy atom. The van der Waals surface area contributed by atoms with E-state index in [1.807, 2.05) is 0 Å². The van der Waals surface area contributed by atoms with Crippen LogP contribution in [0, 0.1) is 10.1 Å². The van der Waals surface area contributed by atoms with Crippen LogP contribution < -0.4 is 0 Å². The van der Waals surface area contributed by atoms with Gasteiger partial charge in [-0.15, -0.1) is 0 Å². The van der Waals surface area contributed by atoms with E-state index in [4.69, 9.17) is 11.6 Å². The summed E-state index contributed by atoms with van der Waals surface area (Å²) in [6.45, 7) is 0. The molecule has 2 aromatic rings. The lowest BCUT2D eigenvalue weighted by Gasteiger charge is -2.02. The molecule has 1 aromatic carbocycles. The lowest BCUT2D eigenvalue weighted by molar-refractivity contribution is -0.387. The smallest absolute Gasteiger partial charge is 0.258 e. The highest BCUT2D eigenvalue weighted by Gasteiger charge is 2.19. The Hall–Kier alpha value is -1.66. The van der Waals surface area contributed by atoms with Crippen molar-refractivity contribution in [2.75, 3.05) is 0 Å². The number of halogens is 1. The van der Waals surface area contributed by atoms with Gasteiger partial charge in [0.05, 0.1) is 9.82 Å². The molecule has 0 fully saturated rings. The van der Waals surface area contributed by atoms with Gasteiger partial charge in [-0.05, 0) is 30.0 Å². The zero-order chi connectivity index (χ0) is 12.3. The van der Waals surface area contributed by atoms with Crippen LogP contribution in [-0.4, -0.2) is 14.9 Å². The van der Waals surface area contributed by atoms with Crippen molar-refractivity contribution >= 4 is 29.1 Å². The van der Waals surface area contributed by atoms with Gasteiger partial charge in [0, 0.05) is 12.4 Å². The van der Waals surface area contributed by atoms with Crippen molar-refractivity contribution in [3.8, 4) is 0 Å². The maximum Gasteiger partial charge on any atom is 0.301 e. The second-order valence-electron chi connectivity index (χ2n) is 2.98. The zero-order valence-electron chi connectivity index (χ0n) is 8.41. The van der Waals surface area contributed by atoms with Crippen LogP contribution in [0.3, 0.4) is 0 Å². The van der Waals surface area contributed by atoms with E-state index < -0.39 is 4.92 Å². The van der Waals surface area contributed by atoms with Crippen molar-refractivity contribution in [2.45, 2.75) is 10.1 Å². The van der Waals surface area contributed by atoms with E-state index in [2.05, 4.69) is 9.97 Å². The molecule has 0 radical (unpaired) electrons. The number of hydrogen-bond donors (Lipinski definition) is 0. The molecule has 1 aromatic heterocycles. The Balaban J connectivity index is 2.40. The molecule has 0 saturated heterocycles. The number of nitro groups is 1. The molecule has 0 saturated carbocycles. The predicted octanol–water partition coefficient (Wildman–Crippen LogP) is 3.19. The highest BCUT2D eigenvalue weighted by atomic mass is 35.5. The summed E-state index contributed by atoms with van der Waals surface area (Å²) in [6, 6.07) is 6.43. The lowest BCUT2D eigenvalue weighted by atomic mass is 10.3. The number of nitro benzene ring substituents is 1. The molecular weight excluding hydrogens is 262 g/mol. The van der Waals surface area contributed by atoms with Crippen LogP contribution >= 0.6 is 23.4 Å². The number of rotatable bonds is 3. The molecule has 0 N–H and O–H groups in total. The van der Waals surface area contributed by atoms with Gasteiger partial charge in [-0.1, -0.05) is 17.7 Å². The summed E-state index contributed by atoms with van der Waals surface area (Å²) in [4.78, 5) is 18.8. The normalized spacial score (nSPS) is 10.2. The number of benzene rings is 1. The minimum absolute atomic E-state index is 0.107. The number of nitrogens with zero attached hydrogens (tertiary/aromatic N) is 3. The van der Waals surface area contributed by atoms with Gasteiger partial charge in [0.1, 0.15) is 5.02 Å². The van der Waals surface area contributed by atoms with Crippen LogP contribution in [0.4, 0.5) is 5.69 Å². The van der Waals surface area contributed by atoms with Crippen LogP contribution in [0.1, 0.15) is 0 Å². The number of para-hydroxylation sites is 1. The summed E-state index contributed by atoms with van der Waals surface area (Å²) >= 11 is 6.90. The molecule has 0 atom stereocenters. The average molecular weight is 268 g/mol. The second-order valence-corrected chi connectivity index (χ2v) is 4.39. The van der Waals surface area contributed by atoms with E-state index in [-0.39, 0.29) is 10.7 Å². The minimum atomic E-state index is -0.506. The molecule has 2 rings (SSSR count). The molecule has 0 amide bonds. The van der Waals surface area contributed by atoms with Crippen molar-refractivity contribution < 1.29 is 4.92 Å². The summed E-state index contributed by atoms with van der Waals surface area (Å²) in [5, 5.41) is 11.4. The molecule has 7 heteroatoms. The van der Waals surface area contributed by atoms with E-state index in [0.29, 0.717) is 10.1 Å². The van der Waals surface area contributed by atoms with Crippen molar-refractivity contribution in [2.24, 2.45) is 0 Å². The van der Waals surface area contributed by atoms with Crippen LogP contribution in [0.25, 0.3) is 0 Å². The predicted molar refractivity (Wildman–Crippen MR) is 64.3 cm³/mol. The first-order valence-electron chi connectivity index (χ1n) is 4.56. The lowest BCUT2D eigenvalue weighted by Crippen LogP contribution is -1.92. The molecule has 0 aliphatic carbocycles. The minimum Gasteiger partial charge on any atom is -0.258 e. The summed E-state index contributed by atoms with van der Waals surface area (Å²) in [5.74, 6) is 0. The molecule has 0 unspecified atom stereocenters. The fraction of sp³-hybridized carbons (Fsp3) is 0. The third-order valence-electron chi connectivity index (χ3n) is 1.88. The molecule has 0 aliphatic heterocycles. The van der Waals surface area contributed by atoms with Crippen LogP contribution in [-0.2, 0) is 0 Å². The monoisotopic (exact) mass is 267 g/mol. The van der Waals surface area contributed by atoms with Crippen molar-refractivity contribution in [3.05, 3.63) is 51.8 Å². The van der Waals surface area contributed by atoms with Gasteiger partial charge in [-0.2, -0.15) is 0 Å².